The van der Waals surface area contributed by atoms with Crippen LogP contribution in [0.25, 0.3) is 0 Å². The lowest BCUT2D eigenvalue weighted by Gasteiger charge is -2.19. The molecule has 0 heterocycles. The fourth-order valence-corrected chi connectivity index (χ4v) is 3.06. The number of methoxy groups -OCH3 is 1. The van der Waals surface area contributed by atoms with Gasteiger partial charge in [-0.3, -0.25) is 0 Å². The molecule has 7 nitrogen and oxygen atoms in total. The van der Waals surface area contributed by atoms with Gasteiger partial charge >= 0.3 is 0 Å². The second kappa shape index (κ2) is 16.9. The molecule has 7 heteroatoms. The smallest absolute Gasteiger partial charge is 0.191 e. The monoisotopic (exact) mass is 421 g/mol. The van der Waals surface area contributed by atoms with Gasteiger partial charge in [0.2, 0.25) is 0 Å². The molecule has 0 amide bonds. The van der Waals surface area contributed by atoms with E-state index in [1.165, 1.54) is 0 Å². The largest absolute Gasteiger partial charge is 0.492 e. The molecule has 0 bridgehead atoms. The number of para-hydroxylation sites is 1. The van der Waals surface area contributed by atoms with E-state index in [2.05, 4.69) is 54.3 Å². The fourth-order valence-electron chi connectivity index (χ4n) is 3.06. The summed E-state index contributed by atoms with van der Waals surface area (Å²) in [5, 5.41) is 6.75. The topological polar surface area (TPSA) is 61.4 Å². The van der Waals surface area contributed by atoms with E-state index >= 15 is 0 Å². The third-order valence-electron chi connectivity index (χ3n) is 4.96. The summed E-state index contributed by atoms with van der Waals surface area (Å²) in [6.45, 7) is 15.2. The van der Waals surface area contributed by atoms with Crippen LogP contribution in [0, 0.1) is 0 Å². The van der Waals surface area contributed by atoms with Gasteiger partial charge in [0.25, 0.3) is 0 Å². The van der Waals surface area contributed by atoms with Crippen molar-refractivity contribution in [3.63, 3.8) is 0 Å². The molecular weight excluding hydrogens is 378 g/mol. The summed E-state index contributed by atoms with van der Waals surface area (Å²) in [4.78, 5) is 9.42. The van der Waals surface area contributed by atoms with Crippen LogP contribution >= 0.6 is 0 Å². The van der Waals surface area contributed by atoms with E-state index in [0.717, 1.165) is 76.1 Å². The Labute approximate surface area is 183 Å². The number of guanidine groups is 1. The first-order chi connectivity index (χ1) is 14.6. The van der Waals surface area contributed by atoms with E-state index in [0.29, 0.717) is 13.2 Å². The van der Waals surface area contributed by atoms with E-state index in [-0.39, 0.29) is 0 Å². The van der Waals surface area contributed by atoms with Gasteiger partial charge in [0.15, 0.2) is 5.96 Å². The summed E-state index contributed by atoms with van der Waals surface area (Å²) < 4.78 is 11.2. The lowest BCUT2D eigenvalue weighted by atomic mass is 10.2. The molecule has 1 aromatic rings. The molecule has 0 saturated heterocycles. The van der Waals surface area contributed by atoms with E-state index < -0.39 is 0 Å². The summed E-state index contributed by atoms with van der Waals surface area (Å²) in [6, 6.07) is 8.17. The quantitative estimate of drug-likeness (QED) is 0.243. The average Bonchev–Trinajstić information content (AvgIpc) is 2.76. The molecule has 0 radical (unpaired) electrons. The minimum atomic E-state index is 0.584. The minimum Gasteiger partial charge on any atom is -0.492 e. The highest BCUT2D eigenvalue weighted by atomic mass is 16.5. The van der Waals surface area contributed by atoms with Crippen molar-refractivity contribution in [3.05, 3.63) is 29.8 Å². The van der Waals surface area contributed by atoms with Gasteiger partial charge in [-0.25, -0.2) is 4.99 Å². The van der Waals surface area contributed by atoms with Crippen LogP contribution in [0.3, 0.4) is 0 Å². The van der Waals surface area contributed by atoms with Crippen molar-refractivity contribution in [3.8, 4) is 5.75 Å². The number of likely N-dealkylation sites (N-methyl/N-ethyl adjacent to an activating group) is 2. The van der Waals surface area contributed by atoms with E-state index in [1.54, 1.807) is 7.11 Å². The second-order valence-electron chi connectivity index (χ2n) is 7.25. The first-order valence-electron chi connectivity index (χ1n) is 11.3. The molecule has 0 unspecified atom stereocenters. The molecule has 172 valence electrons. The van der Waals surface area contributed by atoms with Crippen molar-refractivity contribution in [2.24, 2.45) is 4.99 Å². The highest BCUT2D eigenvalue weighted by molar-refractivity contribution is 5.79. The van der Waals surface area contributed by atoms with Crippen LogP contribution < -0.4 is 15.4 Å². The molecule has 0 aliphatic heterocycles. The van der Waals surface area contributed by atoms with Crippen molar-refractivity contribution in [1.82, 2.24) is 20.4 Å². The van der Waals surface area contributed by atoms with Crippen molar-refractivity contribution >= 4 is 5.96 Å². The Kier molecular flexibility index (Phi) is 14.8. The van der Waals surface area contributed by atoms with Crippen molar-refractivity contribution in [1.29, 1.82) is 0 Å². The SMILES string of the molecule is CCNC(=NCc1ccccc1OCCN(CC)CC)NCCN(C)CCCOC. The molecule has 1 aromatic carbocycles. The Hall–Kier alpha value is -1.83. The van der Waals surface area contributed by atoms with Crippen LogP contribution in [0.5, 0.6) is 5.75 Å². The minimum absolute atomic E-state index is 0.584. The Morgan fingerprint density at radius 2 is 1.77 bits per heavy atom. The number of nitrogens with zero attached hydrogens (tertiary/aromatic N) is 3. The van der Waals surface area contributed by atoms with Crippen LogP contribution in [0.4, 0.5) is 0 Å². The molecule has 0 aromatic heterocycles. The number of aliphatic imine (C=N–C) groups is 1. The van der Waals surface area contributed by atoms with Crippen molar-refractivity contribution in [2.45, 2.75) is 33.7 Å². The lowest BCUT2D eigenvalue weighted by Crippen LogP contribution is -2.41. The Bertz CT molecular complexity index is 578. The molecule has 0 saturated carbocycles. The van der Waals surface area contributed by atoms with Crippen molar-refractivity contribution in [2.75, 3.05) is 73.2 Å². The number of hydrogen-bond acceptors (Lipinski definition) is 5. The Morgan fingerprint density at radius 1 is 1.00 bits per heavy atom. The van der Waals surface area contributed by atoms with Gasteiger partial charge in [-0.1, -0.05) is 32.0 Å². The Balaban J connectivity index is 2.55. The summed E-state index contributed by atoms with van der Waals surface area (Å²) in [7, 11) is 3.88. The molecule has 0 aliphatic rings. The van der Waals surface area contributed by atoms with E-state index in [9.17, 15) is 0 Å². The van der Waals surface area contributed by atoms with Crippen LogP contribution in [-0.2, 0) is 11.3 Å². The number of hydrogen-bond donors (Lipinski definition) is 2. The Morgan fingerprint density at radius 3 is 2.47 bits per heavy atom. The highest BCUT2D eigenvalue weighted by Crippen LogP contribution is 2.18. The fraction of sp³-hybridized carbons (Fsp3) is 0.696. The zero-order valence-electron chi connectivity index (χ0n) is 19.7. The van der Waals surface area contributed by atoms with E-state index in [1.807, 2.05) is 18.2 Å². The zero-order chi connectivity index (χ0) is 22.0. The van der Waals surface area contributed by atoms with Gasteiger partial charge in [-0.05, 0) is 39.5 Å². The number of ether oxygens (including phenoxy) is 2. The van der Waals surface area contributed by atoms with Crippen LogP contribution in [0.1, 0.15) is 32.8 Å². The predicted molar refractivity (Wildman–Crippen MR) is 127 cm³/mol. The molecule has 0 atom stereocenters. The lowest BCUT2D eigenvalue weighted by molar-refractivity contribution is 0.180. The van der Waals surface area contributed by atoms with Gasteiger partial charge in [0, 0.05) is 52.0 Å². The summed E-state index contributed by atoms with van der Waals surface area (Å²) in [6.07, 6.45) is 1.05. The molecule has 0 fully saturated rings. The second-order valence-corrected chi connectivity index (χ2v) is 7.25. The maximum atomic E-state index is 6.05. The van der Waals surface area contributed by atoms with Gasteiger partial charge in [0.1, 0.15) is 12.4 Å². The highest BCUT2D eigenvalue weighted by Gasteiger charge is 2.06. The summed E-state index contributed by atoms with van der Waals surface area (Å²) in [5.74, 6) is 1.75. The van der Waals surface area contributed by atoms with Crippen LogP contribution in [-0.4, -0.2) is 88.9 Å². The maximum absolute atomic E-state index is 6.05. The molecular formula is C23H43N5O2. The molecule has 30 heavy (non-hydrogen) atoms. The van der Waals surface area contributed by atoms with Gasteiger partial charge in [0.05, 0.1) is 6.54 Å². The van der Waals surface area contributed by atoms with Gasteiger partial charge < -0.3 is 29.9 Å². The molecule has 0 spiro atoms. The predicted octanol–water partition coefficient (Wildman–Crippen LogP) is 2.43. The third kappa shape index (κ3) is 11.4. The third-order valence-corrected chi connectivity index (χ3v) is 4.96. The molecule has 2 N–H and O–H groups in total. The van der Waals surface area contributed by atoms with Crippen molar-refractivity contribution < 1.29 is 9.47 Å². The first kappa shape index (κ1) is 26.2. The standard InChI is InChI=1S/C23H43N5O2/c1-6-24-23(25-14-16-27(4)15-11-18-29-5)26-20-21-12-9-10-13-22(21)30-19-17-28(7-2)8-3/h9-10,12-13H,6-8,11,14-20H2,1-5H3,(H2,24,25,26). The van der Waals surface area contributed by atoms with Gasteiger partial charge in [-0.15, -0.1) is 0 Å². The molecule has 1 rings (SSSR count). The van der Waals surface area contributed by atoms with E-state index in [4.69, 9.17) is 14.5 Å². The van der Waals surface area contributed by atoms with Crippen LogP contribution in [0.15, 0.2) is 29.3 Å². The number of benzene rings is 1. The molecule has 0 aliphatic carbocycles. The maximum Gasteiger partial charge on any atom is 0.191 e. The van der Waals surface area contributed by atoms with Gasteiger partial charge in [-0.2, -0.15) is 0 Å². The first-order valence-corrected chi connectivity index (χ1v) is 11.3. The summed E-state index contributed by atoms with van der Waals surface area (Å²) in [5.41, 5.74) is 1.10. The average molecular weight is 422 g/mol. The number of rotatable bonds is 16. The van der Waals surface area contributed by atoms with Crippen LogP contribution in [0.2, 0.25) is 0 Å². The normalized spacial score (nSPS) is 11.9. The zero-order valence-corrected chi connectivity index (χ0v) is 19.7. The summed E-state index contributed by atoms with van der Waals surface area (Å²) >= 11 is 0. The number of nitrogens with one attached hydrogen (secondary N) is 2.